The molecular weight excluding hydrogens is 352 g/mol. The molecule has 0 saturated carbocycles. The second-order valence-corrected chi connectivity index (χ2v) is 7.05. The lowest BCUT2D eigenvalue weighted by atomic mass is 10.1. The van der Waals surface area contributed by atoms with E-state index in [1.807, 2.05) is 43.2 Å². The first kappa shape index (κ1) is 18.4. The number of aryl methyl sites for hydroxylation is 1. The van der Waals surface area contributed by atoms with Gasteiger partial charge in [0.15, 0.2) is 0 Å². The molecule has 0 spiro atoms. The van der Waals surface area contributed by atoms with Crippen molar-refractivity contribution < 1.29 is 0 Å². The van der Waals surface area contributed by atoms with Gasteiger partial charge in [0.25, 0.3) is 0 Å². The molecule has 0 bridgehead atoms. The third-order valence-corrected chi connectivity index (χ3v) is 5.12. The molecule has 3 aromatic rings. The zero-order chi connectivity index (χ0) is 19.3. The minimum Gasteiger partial charge on any atom is -0.373 e. The van der Waals surface area contributed by atoms with E-state index in [-0.39, 0.29) is 0 Å². The van der Waals surface area contributed by atoms with Crippen LogP contribution in [0.3, 0.4) is 0 Å². The van der Waals surface area contributed by atoms with Gasteiger partial charge in [-0.25, -0.2) is 9.97 Å². The summed E-state index contributed by atoms with van der Waals surface area (Å²) in [5, 5.41) is 11.3. The van der Waals surface area contributed by atoms with E-state index in [0.29, 0.717) is 6.04 Å². The molecule has 2 N–H and O–H groups in total. The molecule has 0 unspecified atom stereocenters. The first-order chi connectivity index (χ1) is 13.7. The average Bonchev–Trinajstić information content (AvgIpc) is 3.35. The summed E-state index contributed by atoms with van der Waals surface area (Å²) in [7, 11) is 3.83. The molecule has 8 heteroatoms. The van der Waals surface area contributed by atoms with Crippen molar-refractivity contribution in [3.63, 3.8) is 0 Å². The summed E-state index contributed by atoms with van der Waals surface area (Å²) in [5.41, 5.74) is 3.21. The summed E-state index contributed by atoms with van der Waals surface area (Å²) >= 11 is 0. The minimum absolute atomic E-state index is 0.429. The van der Waals surface area contributed by atoms with Crippen LogP contribution < -0.4 is 15.5 Å². The molecule has 0 amide bonds. The maximum atomic E-state index is 4.62. The highest BCUT2D eigenvalue weighted by Gasteiger charge is 2.25. The van der Waals surface area contributed by atoms with E-state index < -0.39 is 0 Å². The third-order valence-electron chi connectivity index (χ3n) is 5.12. The summed E-state index contributed by atoms with van der Waals surface area (Å²) in [5.74, 6) is 1.83. The fourth-order valence-corrected chi connectivity index (χ4v) is 3.78. The van der Waals surface area contributed by atoms with Gasteiger partial charge in [-0.15, -0.1) is 0 Å². The molecule has 146 valence electrons. The molecule has 1 aliphatic rings. The van der Waals surface area contributed by atoms with Gasteiger partial charge in [0, 0.05) is 75.6 Å². The molecule has 28 heavy (non-hydrogen) atoms. The normalized spacial score (nSPS) is 16.5. The fraction of sp³-hybridized carbons (Fsp3) is 0.400. The van der Waals surface area contributed by atoms with Crippen molar-refractivity contribution in [1.82, 2.24) is 30.0 Å². The molecule has 4 heterocycles. The molecule has 0 aromatic carbocycles. The van der Waals surface area contributed by atoms with E-state index in [0.717, 1.165) is 48.9 Å². The van der Waals surface area contributed by atoms with Crippen LogP contribution in [0, 0.1) is 0 Å². The largest absolute Gasteiger partial charge is 0.373 e. The smallest absolute Gasteiger partial charge is 0.134 e. The van der Waals surface area contributed by atoms with Crippen LogP contribution in [-0.2, 0) is 13.6 Å². The maximum absolute atomic E-state index is 4.62. The molecule has 8 nitrogen and oxygen atoms in total. The summed E-state index contributed by atoms with van der Waals surface area (Å²) in [6.07, 6.45) is 9.68. The second-order valence-electron chi connectivity index (χ2n) is 7.05. The topological polar surface area (TPSA) is 83.8 Å². The minimum atomic E-state index is 0.429. The molecule has 4 rings (SSSR count). The Labute approximate surface area is 165 Å². The Morgan fingerprint density at radius 3 is 3.04 bits per heavy atom. The molecule has 1 atom stereocenters. The first-order valence-corrected chi connectivity index (χ1v) is 9.64. The third kappa shape index (κ3) is 3.96. The quantitative estimate of drug-likeness (QED) is 0.651. The van der Waals surface area contributed by atoms with Gasteiger partial charge in [0.1, 0.15) is 18.0 Å². The fourth-order valence-electron chi connectivity index (χ4n) is 3.78. The number of nitrogens with one attached hydrogen (secondary N) is 2. The lowest BCUT2D eigenvalue weighted by Crippen LogP contribution is -2.38. The maximum Gasteiger partial charge on any atom is 0.134 e. The second kappa shape index (κ2) is 8.35. The highest BCUT2D eigenvalue weighted by Crippen LogP contribution is 2.25. The van der Waals surface area contributed by atoms with E-state index in [1.54, 1.807) is 12.5 Å². The van der Waals surface area contributed by atoms with Gasteiger partial charge in [-0.3, -0.25) is 9.67 Å². The number of rotatable bonds is 7. The number of aromatic nitrogens is 5. The summed E-state index contributed by atoms with van der Waals surface area (Å²) < 4.78 is 1.86. The van der Waals surface area contributed by atoms with Crippen LogP contribution in [0.4, 0.5) is 11.6 Å². The van der Waals surface area contributed by atoms with Crippen molar-refractivity contribution in [2.24, 2.45) is 7.05 Å². The van der Waals surface area contributed by atoms with E-state index in [4.69, 9.17) is 0 Å². The summed E-state index contributed by atoms with van der Waals surface area (Å²) in [6, 6.07) is 6.43. The van der Waals surface area contributed by atoms with Gasteiger partial charge in [-0.1, -0.05) is 0 Å². The van der Waals surface area contributed by atoms with Crippen molar-refractivity contribution >= 4 is 11.6 Å². The Morgan fingerprint density at radius 1 is 1.29 bits per heavy atom. The van der Waals surface area contributed by atoms with Crippen LogP contribution >= 0.6 is 0 Å². The van der Waals surface area contributed by atoms with E-state index in [9.17, 15) is 0 Å². The predicted molar refractivity (Wildman–Crippen MR) is 110 cm³/mol. The molecule has 1 aliphatic heterocycles. The van der Waals surface area contributed by atoms with Crippen LogP contribution in [0.1, 0.15) is 18.4 Å². The van der Waals surface area contributed by atoms with Crippen LogP contribution in [0.15, 0.2) is 43.1 Å². The number of hydrogen-bond acceptors (Lipinski definition) is 7. The van der Waals surface area contributed by atoms with E-state index >= 15 is 0 Å². The van der Waals surface area contributed by atoms with Crippen molar-refractivity contribution in [3.05, 3.63) is 48.7 Å². The number of pyridine rings is 1. The van der Waals surface area contributed by atoms with E-state index in [2.05, 4.69) is 41.8 Å². The van der Waals surface area contributed by atoms with Crippen molar-refractivity contribution in [2.45, 2.75) is 25.4 Å². The lowest BCUT2D eigenvalue weighted by Gasteiger charge is -2.26. The summed E-state index contributed by atoms with van der Waals surface area (Å²) in [6.45, 7) is 2.70. The Morgan fingerprint density at radius 2 is 2.21 bits per heavy atom. The summed E-state index contributed by atoms with van der Waals surface area (Å²) in [4.78, 5) is 15.3. The number of anilines is 2. The zero-order valence-electron chi connectivity index (χ0n) is 16.3. The van der Waals surface area contributed by atoms with Crippen molar-refractivity contribution in [1.29, 1.82) is 0 Å². The molecular formula is C20H26N8. The van der Waals surface area contributed by atoms with Gasteiger partial charge < -0.3 is 15.5 Å². The van der Waals surface area contributed by atoms with Gasteiger partial charge in [0.05, 0.1) is 5.69 Å². The molecule has 1 fully saturated rings. The van der Waals surface area contributed by atoms with Gasteiger partial charge in [0.2, 0.25) is 0 Å². The van der Waals surface area contributed by atoms with Crippen LogP contribution in [0.2, 0.25) is 0 Å². The molecule has 0 aliphatic carbocycles. The Bertz CT molecular complexity index is 908. The Balaban J connectivity index is 1.41. The molecule has 3 aromatic heterocycles. The highest BCUT2D eigenvalue weighted by atomic mass is 15.3. The van der Waals surface area contributed by atoms with Crippen LogP contribution in [0.25, 0.3) is 11.3 Å². The van der Waals surface area contributed by atoms with Gasteiger partial charge in [-0.2, -0.15) is 5.10 Å². The first-order valence-electron chi connectivity index (χ1n) is 9.64. The lowest BCUT2D eigenvalue weighted by molar-refractivity contribution is 0.571. The Kier molecular flexibility index (Phi) is 5.48. The Hall–Kier alpha value is -3.00. The monoisotopic (exact) mass is 378 g/mol. The van der Waals surface area contributed by atoms with Gasteiger partial charge >= 0.3 is 0 Å². The van der Waals surface area contributed by atoms with Gasteiger partial charge in [-0.05, 0) is 25.0 Å². The van der Waals surface area contributed by atoms with Crippen molar-refractivity contribution in [3.8, 4) is 11.3 Å². The van der Waals surface area contributed by atoms with E-state index in [1.165, 1.54) is 12.0 Å². The number of nitrogens with zero attached hydrogens (tertiary/aromatic N) is 6. The SMILES string of the molecule is CNc1cc(N2CCC[C@@H]2CNCc2cn(C)nc2-c2cccnc2)ncn1. The van der Waals surface area contributed by atoms with Crippen molar-refractivity contribution in [2.75, 3.05) is 30.4 Å². The number of hydrogen-bond donors (Lipinski definition) is 2. The zero-order valence-corrected chi connectivity index (χ0v) is 16.3. The standard InChI is InChI=1S/C20H26N8/c1-21-18-9-19(25-14-24-18)28-8-4-6-17(28)12-23-11-16-13-27(2)26-20(16)15-5-3-7-22-10-15/h3,5,7,9-10,13-14,17,23H,4,6,8,11-12H2,1-2H3,(H,21,24,25)/t17-/m1/s1. The van der Waals surface area contributed by atoms with Crippen LogP contribution in [0.5, 0.6) is 0 Å². The van der Waals surface area contributed by atoms with Crippen LogP contribution in [-0.4, -0.2) is 50.9 Å². The predicted octanol–water partition coefficient (Wildman–Crippen LogP) is 2.07. The molecule has 1 saturated heterocycles. The molecule has 0 radical (unpaired) electrons. The highest BCUT2D eigenvalue weighted by molar-refractivity contribution is 5.61. The average molecular weight is 378 g/mol.